The lowest BCUT2D eigenvalue weighted by Gasteiger charge is -2.42. The van der Waals surface area contributed by atoms with Crippen molar-refractivity contribution < 1.29 is 24.9 Å². The number of thioether (sulfide) groups is 1. The molecule has 0 bridgehead atoms. The molecule has 9 atom stereocenters. The zero-order valence-corrected chi connectivity index (χ0v) is 22.4. The van der Waals surface area contributed by atoms with Crippen LogP contribution >= 0.6 is 23.4 Å². The molecule has 35 heavy (non-hydrogen) atoms. The molecular formula is C26H43ClN2O5S. The molecule has 2 aliphatic heterocycles. The molecule has 7 nitrogen and oxygen atoms in total. The highest BCUT2D eigenvalue weighted by molar-refractivity contribution is 7.99. The average molecular weight is 531 g/mol. The molecule has 9 unspecified atom stereocenters. The van der Waals surface area contributed by atoms with Crippen molar-refractivity contribution in [3.8, 4) is 0 Å². The summed E-state index contributed by atoms with van der Waals surface area (Å²) >= 11 is 7.09. The Balaban J connectivity index is 0.000000251. The molecule has 200 valence electrons. The number of hydrogen-bond donors (Lipinski definition) is 5. The summed E-state index contributed by atoms with van der Waals surface area (Å²) in [4.78, 5) is 10.8. The molecule has 1 aromatic rings. The number of hydrogen-bond acceptors (Lipinski definition) is 8. The lowest BCUT2D eigenvalue weighted by molar-refractivity contribution is -0.202. The zero-order valence-electron chi connectivity index (χ0n) is 20.8. The first-order chi connectivity index (χ1) is 16.8. The van der Waals surface area contributed by atoms with Crippen LogP contribution in [0, 0.1) is 5.92 Å². The summed E-state index contributed by atoms with van der Waals surface area (Å²) in [5, 5.41) is 31.9. The predicted octanol–water partition coefficient (Wildman–Crippen LogP) is 2.47. The molecular weight excluding hydrogens is 488 g/mol. The summed E-state index contributed by atoms with van der Waals surface area (Å²) in [7, 11) is 0. The first-order valence-electron chi connectivity index (χ1n) is 12.6. The van der Waals surface area contributed by atoms with Gasteiger partial charge in [0.2, 0.25) is 0 Å². The van der Waals surface area contributed by atoms with E-state index in [-0.39, 0.29) is 6.04 Å². The maximum Gasteiger partial charge on any atom is 0.136 e. The highest BCUT2D eigenvalue weighted by atomic mass is 35.5. The zero-order chi connectivity index (χ0) is 25.8. The third-order valence-electron chi connectivity index (χ3n) is 6.93. The Hall–Kier alpha value is -0.710. The van der Waals surface area contributed by atoms with Crippen LogP contribution in [-0.2, 0) is 16.0 Å². The number of halogens is 1. The van der Waals surface area contributed by atoms with Gasteiger partial charge in [0.15, 0.2) is 0 Å². The Labute approximate surface area is 219 Å². The lowest BCUT2D eigenvalue weighted by Crippen LogP contribution is -2.62. The highest BCUT2D eigenvalue weighted by Crippen LogP contribution is 2.29. The van der Waals surface area contributed by atoms with Gasteiger partial charge in [-0.1, -0.05) is 43.2 Å². The number of aldehydes is 1. The van der Waals surface area contributed by atoms with Crippen LogP contribution in [0.15, 0.2) is 30.3 Å². The average Bonchev–Trinajstić information content (AvgIpc) is 3.11. The first kappa shape index (κ1) is 30.5. The van der Waals surface area contributed by atoms with Crippen LogP contribution in [-0.4, -0.2) is 81.7 Å². The van der Waals surface area contributed by atoms with Crippen molar-refractivity contribution in [2.75, 3.05) is 12.8 Å². The van der Waals surface area contributed by atoms with E-state index in [9.17, 15) is 20.1 Å². The minimum absolute atomic E-state index is 0.106. The Morgan fingerprint density at radius 1 is 1.14 bits per heavy atom. The van der Waals surface area contributed by atoms with Gasteiger partial charge in [0.05, 0.1) is 6.04 Å². The van der Waals surface area contributed by atoms with Crippen LogP contribution < -0.4 is 11.1 Å². The van der Waals surface area contributed by atoms with Gasteiger partial charge < -0.3 is 35.9 Å². The summed E-state index contributed by atoms with van der Waals surface area (Å²) in [6, 6.07) is 10.2. The molecule has 3 rings (SSSR count). The molecule has 2 heterocycles. The normalized spacial score (nSPS) is 33.1. The van der Waals surface area contributed by atoms with Crippen LogP contribution in [0.5, 0.6) is 0 Å². The van der Waals surface area contributed by atoms with Gasteiger partial charge >= 0.3 is 0 Å². The third kappa shape index (κ3) is 9.93. The largest absolute Gasteiger partial charge is 0.388 e. The van der Waals surface area contributed by atoms with Crippen LogP contribution in [0.3, 0.4) is 0 Å². The van der Waals surface area contributed by atoms with Crippen molar-refractivity contribution in [3.05, 3.63) is 35.9 Å². The third-order valence-corrected chi connectivity index (χ3v) is 8.07. The summed E-state index contributed by atoms with van der Waals surface area (Å²) in [5.41, 5.74) is 6.63. The molecule has 0 amide bonds. The minimum Gasteiger partial charge on any atom is -0.388 e. The van der Waals surface area contributed by atoms with Gasteiger partial charge in [-0.25, -0.2) is 0 Å². The number of carbonyl (C=O) groups excluding carboxylic acids is 1. The summed E-state index contributed by atoms with van der Waals surface area (Å²) in [6.45, 7) is 2.70. The van der Waals surface area contributed by atoms with Crippen molar-refractivity contribution >= 4 is 29.6 Å². The standard InChI is InChI=1S/C17H25NO.C9H18ClNO4S/c19-14-17-11-10-16(12-13-18-17)9-5-4-8-15-6-2-1-3-7-15;1-3(10)4(11)8-6(13)5(12)7(14)9(15-8)16-2/h1-3,6-7,14,16-18H,4-5,8-13H2;3-9,12-14H,11H2,1-2H3. The number of carbonyl (C=O) groups is 1. The number of ether oxygens (including phenoxy) is 1. The predicted molar refractivity (Wildman–Crippen MR) is 143 cm³/mol. The van der Waals surface area contributed by atoms with E-state index in [1.807, 2.05) is 0 Å². The van der Waals surface area contributed by atoms with Crippen molar-refractivity contribution in [1.82, 2.24) is 5.32 Å². The van der Waals surface area contributed by atoms with E-state index < -0.39 is 41.3 Å². The van der Waals surface area contributed by atoms with Crippen LogP contribution in [0.4, 0.5) is 0 Å². The fourth-order valence-corrected chi connectivity index (χ4v) is 5.42. The first-order valence-corrected chi connectivity index (χ1v) is 14.4. The van der Waals surface area contributed by atoms with E-state index in [0.717, 1.165) is 25.2 Å². The molecule has 0 saturated carbocycles. The topological polar surface area (TPSA) is 125 Å². The Morgan fingerprint density at radius 3 is 2.49 bits per heavy atom. The van der Waals surface area contributed by atoms with Crippen molar-refractivity contribution in [2.45, 2.75) is 99.2 Å². The quantitative estimate of drug-likeness (QED) is 0.187. The monoisotopic (exact) mass is 530 g/mol. The molecule has 2 fully saturated rings. The maximum atomic E-state index is 10.8. The lowest BCUT2D eigenvalue weighted by atomic mass is 9.93. The van der Waals surface area contributed by atoms with Crippen molar-refractivity contribution in [2.24, 2.45) is 11.7 Å². The Bertz CT molecular complexity index is 714. The highest BCUT2D eigenvalue weighted by Gasteiger charge is 2.46. The van der Waals surface area contributed by atoms with Crippen LogP contribution in [0.1, 0.15) is 51.0 Å². The van der Waals surface area contributed by atoms with E-state index in [2.05, 4.69) is 35.6 Å². The molecule has 2 aliphatic rings. The van der Waals surface area contributed by atoms with Gasteiger partial charge in [0.25, 0.3) is 0 Å². The van der Waals surface area contributed by atoms with Crippen molar-refractivity contribution in [3.63, 3.8) is 0 Å². The number of benzene rings is 1. The van der Waals surface area contributed by atoms with Gasteiger partial charge in [-0.15, -0.1) is 23.4 Å². The maximum absolute atomic E-state index is 10.8. The number of unbranched alkanes of at least 4 members (excludes halogenated alkanes) is 1. The van der Waals surface area contributed by atoms with Gasteiger partial charge in [0.1, 0.15) is 36.1 Å². The van der Waals surface area contributed by atoms with Gasteiger partial charge in [-0.2, -0.15) is 0 Å². The van der Waals surface area contributed by atoms with E-state index in [4.69, 9.17) is 22.1 Å². The van der Waals surface area contributed by atoms with Gasteiger partial charge in [-0.3, -0.25) is 0 Å². The fraction of sp³-hybridized carbons (Fsp3) is 0.731. The molecule has 0 aliphatic carbocycles. The number of nitrogens with one attached hydrogen (secondary N) is 1. The van der Waals surface area contributed by atoms with Crippen molar-refractivity contribution in [1.29, 1.82) is 0 Å². The van der Waals surface area contributed by atoms with E-state index in [1.54, 1.807) is 13.2 Å². The molecule has 2 saturated heterocycles. The van der Waals surface area contributed by atoms with Crippen LogP contribution in [0.2, 0.25) is 0 Å². The second-order valence-corrected chi connectivity index (χ2v) is 11.2. The molecule has 1 aromatic carbocycles. The summed E-state index contributed by atoms with van der Waals surface area (Å²) in [6.07, 6.45) is 6.99. The fourth-order valence-electron chi connectivity index (χ4n) is 4.59. The van der Waals surface area contributed by atoms with Gasteiger partial charge in [0, 0.05) is 11.4 Å². The number of aliphatic hydroxyl groups excluding tert-OH is 3. The number of aryl methyl sites for hydroxylation is 1. The summed E-state index contributed by atoms with van der Waals surface area (Å²) < 4.78 is 5.45. The Morgan fingerprint density at radius 2 is 1.86 bits per heavy atom. The number of aliphatic hydroxyl groups is 3. The van der Waals surface area contributed by atoms with E-state index in [1.165, 1.54) is 55.9 Å². The number of rotatable bonds is 9. The number of nitrogens with two attached hydrogens (primary N) is 1. The van der Waals surface area contributed by atoms with E-state index in [0.29, 0.717) is 0 Å². The SMILES string of the molecule is CSC1OC(C(N)C(C)Cl)C(O)C(O)C1O.O=CC1CCC(CCCCc2ccccc2)CCN1. The molecule has 0 spiro atoms. The smallest absolute Gasteiger partial charge is 0.136 e. The molecule has 6 N–H and O–H groups in total. The molecule has 9 heteroatoms. The second kappa shape index (κ2) is 16.2. The minimum atomic E-state index is -1.27. The summed E-state index contributed by atoms with van der Waals surface area (Å²) in [5.74, 6) is 0.813. The van der Waals surface area contributed by atoms with E-state index >= 15 is 0 Å². The number of alkyl halides is 1. The van der Waals surface area contributed by atoms with Crippen LogP contribution in [0.25, 0.3) is 0 Å². The molecule has 0 aromatic heterocycles. The second-order valence-electron chi connectivity index (χ2n) is 9.59. The van der Waals surface area contributed by atoms with Gasteiger partial charge in [-0.05, 0) is 63.3 Å². The molecule has 0 radical (unpaired) electrons. The Kier molecular flexibility index (Phi) is 14.1.